The van der Waals surface area contributed by atoms with Crippen molar-refractivity contribution < 1.29 is 33.2 Å². The van der Waals surface area contributed by atoms with Crippen LogP contribution in [0.2, 0.25) is 0 Å². The first-order valence-electron chi connectivity index (χ1n) is 10.3. The van der Waals surface area contributed by atoms with Gasteiger partial charge in [-0.2, -0.15) is 0 Å². The van der Waals surface area contributed by atoms with Crippen molar-refractivity contribution >= 4 is 0 Å². The van der Waals surface area contributed by atoms with Crippen LogP contribution in [0.4, 0.5) is 0 Å². The van der Waals surface area contributed by atoms with Crippen LogP contribution in [0.5, 0.6) is 34.5 Å². The molecule has 1 aliphatic heterocycles. The molecule has 7 heteroatoms. The van der Waals surface area contributed by atoms with Crippen LogP contribution >= 0.6 is 0 Å². The van der Waals surface area contributed by atoms with Crippen molar-refractivity contribution in [2.45, 2.75) is 19.4 Å². The van der Waals surface area contributed by atoms with E-state index in [1.165, 1.54) is 0 Å². The summed E-state index contributed by atoms with van der Waals surface area (Å²) in [5, 5.41) is 0. The van der Waals surface area contributed by atoms with E-state index in [0.717, 1.165) is 28.7 Å². The van der Waals surface area contributed by atoms with Gasteiger partial charge in [-0.1, -0.05) is 6.92 Å². The molecule has 0 aromatic heterocycles. The minimum atomic E-state index is -0.0975. The minimum Gasteiger partial charge on any atom is -0.493 e. The molecule has 2 aromatic carbocycles. The second-order valence-corrected chi connectivity index (χ2v) is 7.87. The zero-order chi connectivity index (χ0) is 22.3. The number of benzene rings is 2. The molecule has 2 aromatic rings. The van der Waals surface area contributed by atoms with E-state index >= 15 is 0 Å². The number of ether oxygens (including phenoxy) is 7. The first kappa shape index (κ1) is 21.4. The Labute approximate surface area is 183 Å². The highest BCUT2D eigenvalue weighted by atomic mass is 16.5. The zero-order valence-corrected chi connectivity index (χ0v) is 19.2. The normalized spacial score (nSPS) is 21.3. The summed E-state index contributed by atoms with van der Waals surface area (Å²) < 4.78 is 40.8. The van der Waals surface area contributed by atoms with Gasteiger partial charge in [0, 0.05) is 11.1 Å². The van der Waals surface area contributed by atoms with Crippen molar-refractivity contribution in [1.29, 1.82) is 0 Å². The number of fused-ring (bicyclic) bond motifs is 6. The molecule has 1 saturated heterocycles. The lowest BCUT2D eigenvalue weighted by Gasteiger charge is -2.30. The van der Waals surface area contributed by atoms with Gasteiger partial charge in [-0.05, 0) is 41.5 Å². The number of rotatable bonds is 6. The van der Waals surface area contributed by atoms with Gasteiger partial charge in [0.15, 0.2) is 23.0 Å². The maximum absolute atomic E-state index is 6.31. The molecular formula is C24H30O7. The van der Waals surface area contributed by atoms with Crippen molar-refractivity contribution in [2.24, 2.45) is 11.8 Å². The molecule has 31 heavy (non-hydrogen) atoms. The fourth-order valence-electron chi connectivity index (χ4n) is 4.98. The smallest absolute Gasteiger partial charge is 0.203 e. The molecule has 2 aliphatic rings. The largest absolute Gasteiger partial charge is 0.493 e. The fraction of sp³-hybridized carbons (Fsp3) is 0.500. The van der Waals surface area contributed by atoms with E-state index in [1.807, 2.05) is 12.1 Å². The van der Waals surface area contributed by atoms with Crippen molar-refractivity contribution in [3.8, 4) is 45.6 Å². The first-order chi connectivity index (χ1) is 15.0. The summed E-state index contributed by atoms with van der Waals surface area (Å²) in [5.41, 5.74) is 3.84. The van der Waals surface area contributed by atoms with E-state index in [2.05, 4.69) is 6.92 Å². The molecule has 0 saturated carbocycles. The van der Waals surface area contributed by atoms with Crippen LogP contribution in [0.25, 0.3) is 11.1 Å². The number of methoxy groups -OCH3 is 6. The number of hydrogen-bond donors (Lipinski definition) is 0. The molecule has 0 N–H and O–H groups in total. The van der Waals surface area contributed by atoms with Gasteiger partial charge in [-0.25, -0.2) is 0 Å². The molecule has 1 aliphatic carbocycles. The summed E-state index contributed by atoms with van der Waals surface area (Å²) in [6, 6.07) is 4.02. The predicted molar refractivity (Wildman–Crippen MR) is 116 cm³/mol. The van der Waals surface area contributed by atoms with Crippen LogP contribution in [0.1, 0.15) is 24.2 Å². The van der Waals surface area contributed by atoms with Gasteiger partial charge in [0.05, 0.1) is 55.4 Å². The summed E-state index contributed by atoms with van der Waals surface area (Å²) in [6.07, 6.45) is 0.723. The molecule has 1 fully saturated rings. The SMILES string of the molecule is COc1cc2c(c(OC)c1OC)-c1c(cc(OC)c(OC)c1OC)[C@@H]1OC[C@@H](C2)[C@H]1C. The third-order valence-corrected chi connectivity index (χ3v) is 6.52. The quantitative estimate of drug-likeness (QED) is 0.678. The number of hydrogen-bond acceptors (Lipinski definition) is 7. The summed E-state index contributed by atoms with van der Waals surface area (Å²) in [7, 11) is 9.73. The molecule has 1 heterocycles. The van der Waals surface area contributed by atoms with Crippen LogP contribution in [0.15, 0.2) is 12.1 Å². The van der Waals surface area contributed by atoms with Crippen molar-refractivity contribution in [1.82, 2.24) is 0 Å². The van der Waals surface area contributed by atoms with Gasteiger partial charge in [0.25, 0.3) is 0 Å². The Hall–Kier alpha value is -2.80. The Morgan fingerprint density at radius 3 is 1.81 bits per heavy atom. The third-order valence-electron chi connectivity index (χ3n) is 6.52. The monoisotopic (exact) mass is 430 g/mol. The van der Waals surface area contributed by atoms with E-state index in [9.17, 15) is 0 Å². The van der Waals surface area contributed by atoms with E-state index < -0.39 is 0 Å². The van der Waals surface area contributed by atoms with Crippen molar-refractivity contribution in [2.75, 3.05) is 49.3 Å². The van der Waals surface area contributed by atoms with E-state index in [0.29, 0.717) is 52.9 Å². The van der Waals surface area contributed by atoms with E-state index in [1.54, 1.807) is 42.7 Å². The average Bonchev–Trinajstić information content (AvgIpc) is 3.18. The Morgan fingerprint density at radius 1 is 0.710 bits per heavy atom. The molecule has 0 amide bonds. The molecule has 2 bridgehead atoms. The third kappa shape index (κ3) is 3.14. The average molecular weight is 430 g/mol. The lowest BCUT2D eigenvalue weighted by molar-refractivity contribution is 0.0935. The molecule has 3 atom stereocenters. The molecular weight excluding hydrogens is 400 g/mol. The standard InChI is InChI=1S/C24H30O7/c1-12-14-8-13-9-16(25-2)21(27-4)23(29-6)18(13)19-15(20(12)31-11-14)10-17(26-3)22(28-5)24(19)30-7/h9-10,12,14,20H,8,11H2,1-7H3/t12-,14-,20-/m1/s1. The van der Waals surface area contributed by atoms with Crippen molar-refractivity contribution in [3.63, 3.8) is 0 Å². The van der Waals surface area contributed by atoms with Crippen LogP contribution in [0.3, 0.4) is 0 Å². The maximum Gasteiger partial charge on any atom is 0.203 e. The van der Waals surface area contributed by atoms with Gasteiger partial charge >= 0.3 is 0 Å². The predicted octanol–water partition coefficient (Wildman–Crippen LogP) is 4.28. The zero-order valence-electron chi connectivity index (χ0n) is 19.2. The summed E-state index contributed by atoms with van der Waals surface area (Å²) in [6.45, 7) is 2.91. The van der Waals surface area contributed by atoms with Gasteiger partial charge < -0.3 is 33.2 Å². The van der Waals surface area contributed by atoms with Crippen molar-refractivity contribution in [3.05, 3.63) is 23.3 Å². The Kier molecular flexibility index (Phi) is 5.79. The Morgan fingerprint density at radius 2 is 1.26 bits per heavy atom. The Balaban J connectivity index is 2.18. The highest BCUT2D eigenvalue weighted by Crippen LogP contribution is 2.58. The van der Waals surface area contributed by atoms with Crippen LogP contribution in [0, 0.1) is 11.8 Å². The van der Waals surface area contributed by atoms with E-state index in [4.69, 9.17) is 33.2 Å². The van der Waals surface area contributed by atoms with Crippen LogP contribution < -0.4 is 28.4 Å². The fourth-order valence-corrected chi connectivity index (χ4v) is 4.98. The lowest BCUT2D eigenvalue weighted by atomic mass is 9.77. The molecule has 0 unspecified atom stereocenters. The second kappa shape index (κ2) is 8.38. The van der Waals surface area contributed by atoms with Gasteiger partial charge in [0.1, 0.15) is 0 Å². The molecule has 0 spiro atoms. The lowest BCUT2D eigenvalue weighted by Crippen LogP contribution is -2.19. The summed E-state index contributed by atoms with van der Waals surface area (Å²) >= 11 is 0. The first-order valence-corrected chi connectivity index (χ1v) is 10.3. The molecule has 168 valence electrons. The Bertz CT molecular complexity index is 985. The van der Waals surface area contributed by atoms with Gasteiger partial charge in [-0.3, -0.25) is 0 Å². The maximum atomic E-state index is 6.31. The molecule has 0 radical (unpaired) electrons. The highest BCUT2D eigenvalue weighted by molar-refractivity contribution is 5.88. The second-order valence-electron chi connectivity index (χ2n) is 7.87. The van der Waals surface area contributed by atoms with Crippen LogP contribution in [-0.4, -0.2) is 49.3 Å². The molecule has 7 nitrogen and oxygen atoms in total. The topological polar surface area (TPSA) is 64.6 Å². The van der Waals surface area contributed by atoms with E-state index in [-0.39, 0.29) is 6.10 Å². The highest BCUT2D eigenvalue weighted by Gasteiger charge is 2.42. The van der Waals surface area contributed by atoms with Gasteiger partial charge in [-0.15, -0.1) is 0 Å². The summed E-state index contributed by atoms with van der Waals surface area (Å²) in [5.74, 6) is 4.12. The molecule has 4 rings (SSSR count). The minimum absolute atomic E-state index is 0.0975. The van der Waals surface area contributed by atoms with Gasteiger partial charge in [0.2, 0.25) is 11.5 Å². The summed E-state index contributed by atoms with van der Waals surface area (Å²) in [4.78, 5) is 0. The van der Waals surface area contributed by atoms with Crippen LogP contribution in [-0.2, 0) is 11.2 Å².